The number of halogens is 2. The Morgan fingerprint density at radius 2 is 1.95 bits per heavy atom. The third-order valence-electron chi connectivity index (χ3n) is 3.91. The normalized spacial score (nSPS) is 13.2. The highest BCUT2D eigenvalue weighted by Gasteiger charge is 2.28. The molecule has 0 N–H and O–H groups in total. The van der Waals surface area contributed by atoms with Crippen LogP contribution in [-0.4, -0.2) is 19.6 Å². The molecule has 3 nitrogen and oxygen atoms in total. The zero-order chi connectivity index (χ0) is 15.9. The van der Waals surface area contributed by atoms with E-state index < -0.39 is 17.5 Å². The van der Waals surface area contributed by atoms with Crippen molar-refractivity contribution in [3.63, 3.8) is 0 Å². The number of benzene rings is 2. The fraction of sp³-hybridized carbons (Fsp3) is 0.235. The maximum atomic E-state index is 13.9. The molecule has 0 atom stereocenters. The van der Waals surface area contributed by atoms with Gasteiger partial charge in [0.05, 0.1) is 12.7 Å². The zero-order valence-corrected chi connectivity index (χ0v) is 12.3. The molecule has 0 unspecified atom stereocenters. The number of nitrogens with zero attached hydrogens (tertiary/aromatic N) is 1. The second-order valence-electron chi connectivity index (χ2n) is 5.28. The number of hydrogen-bond acceptors (Lipinski definition) is 2. The van der Waals surface area contributed by atoms with Gasteiger partial charge in [0.25, 0.3) is 5.91 Å². The van der Waals surface area contributed by atoms with E-state index in [-0.39, 0.29) is 11.1 Å². The summed E-state index contributed by atoms with van der Waals surface area (Å²) in [5, 5.41) is 0. The molecule has 1 aliphatic rings. The molecule has 0 saturated heterocycles. The molecule has 22 heavy (non-hydrogen) atoms. The number of amides is 1. The van der Waals surface area contributed by atoms with E-state index in [1.165, 1.54) is 17.9 Å². The van der Waals surface area contributed by atoms with Gasteiger partial charge in [-0.3, -0.25) is 4.79 Å². The maximum Gasteiger partial charge on any atom is 0.261 e. The highest BCUT2D eigenvalue weighted by molar-refractivity contribution is 6.07. The largest absolute Gasteiger partial charge is 0.497 e. The Labute approximate surface area is 127 Å². The predicted octanol–water partition coefficient (Wildman–Crippen LogP) is 3.48. The number of carbonyl (C=O) groups excluding carboxylic acids is 1. The SMILES string of the molecule is COc1ccc2c(c1)CCN2C(=O)c1cc(C)c(F)cc1F. The standard InChI is InChI=1S/C17H15F2NO2/c1-10-7-13(15(19)9-14(10)18)17(21)20-6-5-11-8-12(22-2)3-4-16(11)20/h3-4,7-9H,5-6H2,1-2H3. The highest BCUT2D eigenvalue weighted by Crippen LogP contribution is 2.32. The minimum Gasteiger partial charge on any atom is -0.497 e. The predicted molar refractivity (Wildman–Crippen MR) is 79.5 cm³/mol. The van der Waals surface area contributed by atoms with E-state index >= 15 is 0 Å². The van der Waals surface area contributed by atoms with Crippen molar-refractivity contribution in [2.45, 2.75) is 13.3 Å². The minimum absolute atomic E-state index is 0.109. The molecule has 0 fully saturated rings. The van der Waals surface area contributed by atoms with Gasteiger partial charge in [-0.2, -0.15) is 0 Å². The molecule has 1 heterocycles. The average Bonchev–Trinajstić information content (AvgIpc) is 2.93. The van der Waals surface area contributed by atoms with Crippen LogP contribution in [-0.2, 0) is 6.42 Å². The number of rotatable bonds is 2. The summed E-state index contributed by atoms with van der Waals surface area (Å²) in [4.78, 5) is 14.1. The second-order valence-corrected chi connectivity index (χ2v) is 5.28. The van der Waals surface area contributed by atoms with E-state index in [1.54, 1.807) is 19.2 Å². The molecule has 1 aliphatic heterocycles. The lowest BCUT2D eigenvalue weighted by atomic mass is 10.1. The van der Waals surface area contributed by atoms with Crippen LogP contribution in [0.25, 0.3) is 0 Å². The second kappa shape index (κ2) is 5.40. The molecule has 0 spiro atoms. The Balaban J connectivity index is 1.97. The Morgan fingerprint density at radius 3 is 2.68 bits per heavy atom. The van der Waals surface area contributed by atoms with Crippen LogP contribution in [0.4, 0.5) is 14.5 Å². The topological polar surface area (TPSA) is 29.5 Å². The number of fused-ring (bicyclic) bond motifs is 1. The van der Waals surface area contributed by atoms with Crippen LogP contribution in [0.5, 0.6) is 5.75 Å². The van der Waals surface area contributed by atoms with Crippen molar-refractivity contribution >= 4 is 11.6 Å². The van der Waals surface area contributed by atoms with Crippen LogP contribution in [0.3, 0.4) is 0 Å². The lowest BCUT2D eigenvalue weighted by molar-refractivity contribution is 0.0985. The van der Waals surface area contributed by atoms with E-state index in [9.17, 15) is 13.6 Å². The smallest absolute Gasteiger partial charge is 0.261 e. The molecule has 0 aromatic heterocycles. The van der Waals surface area contributed by atoms with Crippen molar-refractivity contribution in [2.75, 3.05) is 18.6 Å². The summed E-state index contributed by atoms with van der Waals surface area (Å²) in [6, 6.07) is 7.43. The summed E-state index contributed by atoms with van der Waals surface area (Å²) in [6.45, 7) is 1.98. The molecule has 0 aliphatic carbocycles. The number of methoxy groups -OCH3 is 1. The van der Waals surface area contributed by atoms with E-state index in [0.717, 1.165) is 23.1 Å². The Hall–Kier alpha value is -2.43. The van der Waals surface area contributed by atoms with Gasteiger partial charge in [0.15, 0.2) is 0 Å². The van der Waals surface area contributed by atoms with E-state index in [4.69, 9.17) is 4.74 Å². The maximum absolute atomic E-state index is 13.9. The summed E-state index contributed by atoms with van der Waals surface area (Å²) in [6.07, 6.45) is 0.681. The van der Waals surface area contributed by atoms with E-state index in [1.807, 2.05) is 6.07 Å². The quantitative estimate of drug-likeness (QED) is 0.850. The molecule has 2 aromatic carbocycles. The van der Waals surface area contributed by atoms with Gasteiger partial charge in [-0.05, 0) is 48.7 Å². The van der Waals surface area contributed by atoms with Crippen LogP contribution in [0, 0.1) is 18.6 Å². The van der Waals surface area contributed by atoms with Crippen molar-refractivity contribution < 1.29 is 18.3 Å². The van der Waals surface area contributed by atoms with Gasteiger partial charge in [0.2, 0.25) is 0 Å². The van der Waals surface area contributed by atoms with Gasteiger partial charge in [-0.15, -0.1) is 0 Å². The summed E-state index contributed by atoms with van der Waals surface area (Å²) in [5.74, 6) is -1.22. The molecular weight excluding hydrogens is 288 g/mol. The van der Waals surface area contributed by atoms with Crippen LogP contribution < -0.4 is 9.64 Å². The van der Waals surface area contributed by atoms with Crippen LogP contribution >= 0.6 is 0 Å². The van der Waals surface area contributed by atoms with Crippen molar-refractivity contribution in [3.8, 4) is 5.75 Å². The van der Waals surface area contributed by atoms with Crippen LogP contribution in [0.2, 0.25) is 0 Å². The van der Waals surface area contributed by atoms with Crippen molar-refractivity contribution in [1.82, 2.24) is 0 Å². The first-order chi connectivity index (χ1) is 10.5. The Morgan fingerprint density at radius 1 is 1.18 bits per heavy atom. The minimum atomic E-state index is -0.838. The molecule has 5 heteroatoms. The first-order valence-electron chi connectivity index (χ1n) is 6.95. The highest BCUT2D eigenvalue weighted by atomic mass is 19.1. The monoisotopic (exact) mass is 303 g/mol. The third kappa shape index (κ3) is 2.32. The van der Waals surface area contributed by atoms with Gasteiger partial charge in [-0.1, -0.05) is 0 Å². The number of ether oxygens (including phenoxy) is 1. The summed E-state index contributed by atoms with van der Waals surface area (Å²) >= 11 is 0. The third-order valence-corrected chi connectivity index (χ3v) is 3.91. The fourth-order valence-corrected chi connectivity index (χ4v) is 2.68. The van der Waals surface area contributed by atoms with E-state index in [0.29, 0.717) is 13.0 Å². The Bertz CT molecular complexity index is 759. The first kappa shape index (κ1) is 14.5. The van der Waals surface area contributed by atoms with Crippen molar-refractivity contribution in [1.29, 1.82) is 0 Å². The molecule has 114 valence electrons. The van der Waals surface area contributed by atoms with Gasteiger partial charge in [0, 0.05) is 18.3 Å². The van der Waals surface area contributed by atoms with Crippen molar-refractivity contribution in [3.05, 3.63) is 58.7 Å². The lowest BCUT2D eigenvalue weighted by Gasteiger charge is -2.18. The number of anilines is 1. The van der Waals surface area contributed by atoms with Gasteiger partial charge < -0.3 is 9.64 Å². The molecule has 2 aromatic rings. The summed E-state index contributed by atoms with van der Waals surface area (Å²) in [5.41, 5.74) is 1.86. The number of carbonyl (C=O) groups is 1. The molecule has 0 radical (unpaired) electrons. The van der Waals surface area contributed by atoms with Gasteiger partial charge >= 0.3 is 0 Å². The molecular formula is C17H15F2NO2. The van der Waals surface area contributed by atoms with Gasteiger partial charge in [0.1, 0.15) is 17.4 Å². The molecule has 0 bridgehead atoms. The Kier molecular flexibility index (Phi) is 3.56. The average molecular weight is 303 g/mol. The molecule has 0 saturated carbocycles. The lowest BCUT2D eigenvalue weighted by Crippen LogP contribution is -2.29. The van der Waals surface area contributed by atoms with Crippen LogP contribution in [0.1, 0.15) is 21.5 Å². The van der Waals surface area contributed by atoms with Gasteiger partial charge in [-0.25, -0.2) is 8.78 Å². The summed E-state index contributed by atoms with van der Waals surface area (Å²) in [7, 11) is 1.58. The summed E-state index contributed by atoms with van der Waals surface area (Å²) < 4.78 is 32.4. The first-order valence-corrected chi connectivity index (χ1v) is 6.95. The fourth-order valence-electron chi connectivity index (χ4n) is 2.68. The number of aryl methyl sites for hydroxylation is 1. The number of hydrogen-bond donors (Lipinski definition) is 0. The molecule has 1 amide bonds. The van der Waals surface area contributed by atoms with Crippen molar-refractivity contribution in [2.24, 2.45) is 0 Å². The molecule has 3 rings (SSSR count). The van der Waals surface area contributed by atoms with Crippen LogP contribution in [0.15, 0.2) is 30.3 Å². The van der Waals surface area contributed by atoms with E-state index in [2.05, 4.69) is 0 Å². The zero-order valence-electron chi connectivity index (χ0n) is 12.3.